The van der Waals surface area contributed by atoms with E-state index in [1.165, 1.54) is 4.90 Å². The zero-order valence-corrected chi connectivity index (χ0v) is 10.0. The highest BCUT2D eigenvalue weighted by molar-refractivity contribution is 6.00. The third kappa shape index (κ3) is 3.21. The van der Waals surface area contributed by atoms with Crippen LogP contribution in [0.5, 0.6) is 0 Å². The van der Waals surface area contributed by atoms with Crippen molar-refractivity contribution in [3.05, 3.63) is 29.8 Å². The van der Waals surface area contributed by atoms with Crippen molar-refractivity contribution in [2.75, 3.05) is 12.3 Å². The lowest BCUT2D eigenvalue weighted by atomic mass is 10.1. The molecule has 5 nitrogen and oxygen atoms in total. The van der Waals surface area contributed by atoms with Gasteiger partial charge in [0.15, 0.2) is 0 Å². The molecule has 92 valence electrons. The highest BCUT2D eigenvalue weighted by atomic mass is 16.2. The van der Waals surface area contributed by atoms with Crippen molar-refractivity contribution < 1.29 is 9.59 Å². The average molecular weight is 235 g/mol. The summed E-state index contributed by atoms with van der Waals surface area (Å²) in [5.41, 5.74) is 11.6. The lowest BCUT2D eigenvalue weighted by molar-refractivity contribution is -0.119. The van der Waals surface area contributed by atoms with Crippen LogP contribution in [0.2, 0.25) is 0 Å². The Labute approximate surface area is 100 Å². The number of nitrogen functional groups attached to an aromatic ring is 1. The lowest BCUT2D eigenvalue weighted by Crippen LogP contribution is -2.42. The third-order valence-electron chi connectivity index (χ3n) is 2.40. The monoisotopic (exact) mass is 235 g/mol. The van der Waals surface area contributed by atoms with E-state index in [-0.39, 0.29) is 18.5 Å². The highest BCUT2D eigenvalue weighted by Gasteiger charge is 2.21. The van der Waals surface area contributed by atoms with E-state index in [4.69, 9.17) is 11.5 Å². The predicted octanol–water partition coefficient (Wildman–Crippen LogP) is 0.605. The molecule has 2 amide bonds. The number of anilines is 1. The molecule has 17 heavy (non-hydrogen) atoms. The van der Waals surface area contributed by atoms with Crippen molar-refractivity contribution in [2.45, 2.75) is 19.9 Å². The molecule has 0 bridgehead atoms. The fourth-order valence-corrected chi connectivity index (χ4v) is 1.50. The number of nitrogens with zero attached hydrogens (tertiary/aromatic N) is 1. The molecule has 1 aromatic rings. The van der Waals surface area contributed by atoms with Crippen molar-refractivity contribution >= 4 is 17.5 Å². The number of carbonyl (C=O) groups excluding carboxylic acids is 2. The Bertz CT molecular complexity index is 430. The second-order valence-electron chi connectivity index (χ2n) is 4.08. The van der Waals surface area contributed by atoms with Crippen molar-refractivity contribution in [3.63, 3.8) is 0 Å². The van der Waals surface area contributed by atoms with Crippen LogP contribution in [-0.4, -0.2) is 29.3 Å². The van der Waals surface area contributed by atoms with Crippen LogP contribution in [0, 0.1) is 0 Å². The number of para-hydroxylation sites is 1. The fraction of sp³-hybridized carbons (Fsp3) is 0.333. The topological polar surface area (TPSA) is 89.4 Å². The summed E-state index contributed by atoms with van der Waals surface area (Å²) in [6.45, 7) is 3.53. The lowest BCUT2D eigenvalue weighted by Gasteiger charge is -2.25. The summed E-state index contributed by atoms with van der Waals surface area (Å²) >= 11 is 0. The minimum Gasteiger partial charge on any atom is -0.398 e. The summed E-state index contributed by atoms with van der Waals surface area (Å²) in [5.74, 6) is -0.821. The number of benzene rings is 1. The van der Waals surface area contributed by atoms with Crippen LogP contribution in [0.1, 0.15) is 24.2 Å². The van der Waals surface area contributed by atoms with Crippen LogP contribution in [0.25, 0.3) is 0 Å². The first-order chi connectivity index (χ1) is 7.93. The maximum Gasteiger partial charge on any atom is 0.256 e. The van der Waals surface area contributed by atoms with E-state index in [2.05, 4.69) is 0 Å². The van der Waals surface area contributed by atoms with Crippen LogP contribution < -0.4 is 11.5 Å². The normalized spacial score (nSPS) is 10.3. The zero-order chi connectivity index (χ0) is 13.0. The minimum absolute atomic E-state index is 0.106. The molecule has 0 atom stereocenters. The Morgan fingerprint density at radius 2 is 1.88 bits per heavy atom. The average Bonchev–Trinajstić information content (AvgIpc) is 2.25. The molecule has 0 saturated heterocycles. The van der Waals surface area contributed by atoms with Crippen molar-refractivity contribution in [3.8, 4) is 0 Å². The van der Waals surface area contributed by atoms with Gasteiger partial charge >= 0.3 is 0 Å². The molecule has 0 aromatic heterocycles. The largest absolute Gasteiger partial charge is 0.398 e. The van der Waals surface area contributed by atoms with E-state index in [0.717, 1.165) is 0 Å². The van der Waals surface area contributed by atoms with Crippen LogP contribution >= 0.6 is 0 Å². The van der Waals surface area contributed by atoms with Gasteiger partial charge in [-0.2, -0.15) is 0 Å². The molecule has 0 aliphatic heterocycles. The standard InChI is InChI=1S/C12H17N3O2/c1-8(2)15(7-11(14)16)12(17)9-5-3-4-6-10(9)13/h3-6,8H,7,13H2,1-2H3,(H2,14,16). The number of primary amides is 1. The smallest absolute Gasteiger partial charge is 0.256 e. The molecule has 0 unspecified atom stereocenters. The minimum atomic E-state index is -0.540. The van der Waals surface area contributed by atoms with Gasteiger partial charge in [0, 0.05) is 11.7 Å². The second kappa shape index (κ2) is 5.34. The first kappa shape index (κ1) is 13.0. The molecule has 0 spiro atoms. The molecule has 0 heterocycles. The van der Waals surface area contributed by atoms with Gasteiger partial charge in [-0.1, -0.05) is 12.1 Å². The van der Waals surface area contributed by atoms with Crippen LogP contribution in [0.15, 0.2) is 24.3 Å². The van der Waals surface area contributed by atoms with Gasteiger partial charge in [-0.3, -0.25) is 9.59 Å². The Balaban J connectivity index is 3.00. The summed E-state index contributed by atoms with van der Waals surface area (Å²) in [6, 6.07) is 6.64. The summed E-state index contributed by atoms with van der Waals surface area (Å²) in [4.78, 5) is 24.5. The Hall–Kier alpha value is -2.04. The number of carbonyl (C=O) groups is 2. The molecular weight excluding hydrogens is 218 g/mol. The summed E-state index contributed by atoms with van der Waals surface area (Å²) in [5, 5.41) is 0. The van der Waals surface area contributed by atoms with E-state index in [0.29, 0.717) is 11.3 Å². The van der Waals surface area contributed by atoms with E-state index in [1.54, 1.807) is 24.3 Å². The maximum atomic E-state index is 12.2. The summed E-state index contributed by atoms with van der Waals surface area (Å²) in [6.07, 6.45) is 0. The van der Waals surface area contributed by atoms with Gasteiger partial charge in [0.05, 0.1) is 12.1 Å². The fourth-order valence-electron chi connectivity index (χ4n) is 1.50. The van der Waals surface area contributed by atoms with Gasteiger partial charge in [0.25, 0.3) is 5.91 Å². The van der Waals surface area contributed by atoms with Gasteiger partial charge in [0.2, 0.25) is 5.91 Å². The number of hydrogen-bond donors (Lipinski definition) is 2. The molecule has 0 aliphatic carbocycles. The van der Waals surface area contributed by atoms with Gasteiger partial charge in [-0.25, -0.2) is 0 Å². The molecule has 0 radical (unpaired) electrons. The molecule has 0 saturated carbocycles. The van der Waals surface area contributed by atoms with Gasteiger partial charge in [-0.15, -0.1) is 0 Å². The molecule has 0 aliphatic rings. The molecular formula is C12H17N3O2. The quantitative estimate of drug-likeness (QED) is 0.749. The summed E-state index contributed by atoms with van der Waals surface area (Å²) < 4.78 is 0. The SMILES string of the molecule is CC(C)N(CC(N)=O)C(=O)c1ccccc1N. The Morgan fingerprint density at radius 1 is 1.29 bits per heavy atom. The number of amides is 2. The van der Waals surface area contributed by atoms with Gasteiger partial charge < -0.3 is 16.4 Å². The van der Waals surface area contributed by atoms with Crippen molar-refractivity contribution in [1.82, 2.24) is 4.90 Å². The second-order valence-corrected chi connectivity index (χ2v) is 4.08. The van der Waals surface area contributed by atoms with E-state index >= 15 is 0 Å². The van der Waals surface area contributed by atoms with E-state index in [9.17, 15) is 9.59 Å². The molecule has 1 aromatic carbocycles. The molecule has 5 heteroatoms. The van der Waals surface area contributed by atoms with Crippen LogP contribution in [0.4, 0.5) is 5.69 Å². The van der Waals surface area contributed by atoms with Crippen molar-refractivity contribution in [1.29, 1.82) is 0 Å². The molecule has 0 fully saturated rings. The number of hydrogen-bond acceptors (Lipinski definition) is 3. The first-order valence-corrected chi connectivity index (χ1v) is 5.37. The third-order valence-corrected chi connectivity index (χ3v) is 2.40. The molecule has 4 N–H and O–H groups in total. The maximum absolute atomic E-state index is 12.2. The predicted molar refractivity (Wildman–Crippen MR) is 66.2 cm³/mol. The van der Waals surface area contributed by atoms with Gasteiger partial charge in [-0.05, 0) is 26.0 Å². The van der Waals surface area contributed by atoms with Crippen LogP contribution in [0.3, 0.4) is 0 Å². The van der Waals surface area contributed by atoms with E-state index in [1.807, 2.05) is 13.8 Å². The highest BCUT2D eigenvalue weighted by Crippen LogP contribution is 2.14. The number of nitrogens with two attached hydrogens (primary N) is 2. The Kier molecular flexibility index (Phi) is 4.09. The van der Waals surface area contributed by atoms with E-state index < -0.39 is 5.91 Å². The van der Waals surface area contributed by atoms with Gasteiger partial charge in [0.1, 0.15) is 0 Å². The number of rotatable bonds is 4. The zero-order valence-electron chi connectivity index (χ0n) is 10.0. The summed E-state index contributed by atoms with van der Waals surface area (Å²) in [7, 11) is 0. The Morgan fingerprint density at radius 3 is 2.35 bits per heavy atom. The van der Waals surface area contributed by atoms with Crippen molar-refractivity contribution in [2.24, 2.45) is 5.73 Å². The first-order valence-electron chi connectivity index (χ1n) is 5.37. The molecule has 1 rings (SSSR count). The van der Waals surface area contributed by atoms with Crippen LogP contribution in [-0.2, 0) is 4.79 Å².